The van der Waals surface area contributed by atoms with Crippen molar-refractivity contribution in [2.24, 2.45) is 9.98 Å². The summed E-state index contributed by atoms with van der Waals surface area (Å²) >= 11 is 0. The highest BCUT2D eigenvalue weighted by Crippen LogP contribution is 1.79. The van der Waals surface area contributed by atoms with Gasteiger partial charge in [-0.3, -0.25) is 9.98 Å². The van der Waals surface area contributed by atoms with Gasteiger partial charge in [-0.15, -0.1) is 0 Å². The zero-order valence-electron chi connectivity index (χ0n) is 6.79. The molecule has 0 fully saturated rings. The first kappa shape index (κ1) is 9.14. The fourth-order valence-electron chi connectivity index (χ4n) is 0.538. The minimum Gasteiger partial charge on any atom is -0.477 e. The second-order valence-corrected chi connectivity index (χ2v) is 1.63. The highest BCUT2D eigenvalue weighted by molar-refractivity contribution is 6.26. The third-order valence-electron chi connectivity index (χ3n) is 0.846. The van der Waals surface area contributed by atoms with Crippen LogP contribution in [0, 0.1) is 0 Å². The van der Waals surface area contributed by atoms with Crippen LogP contribution in [0.1, 0.15) is 13.8 Å². The molecule has 0 N–H and O–H groups in total. The van der Waals surface area contributed by atoms with E-state index in [-0.39, 0.29) is 0 Å². The van der Waals surface area contributed by atoms with Crippen LogP contribution < -0.4 is 0 Å². The van der Waals surface area contributed by atoms with E-state index in [1.54, 1.807) is 13.3 Å². The third-order valence-corrected chi connectivity index (χ3v) is 0.846. The van der Waals surface area contributed by atoms with Crippen molar-refractivity contribution in [3.8, 4) is 0 Å². The van der Waals surface area contributed by atoms with Crippen LogP contribution in [0.2, 0.25) is 0 Å². The molecule has 3 heteroatoms. The Bertz CT molecular complexity index is 130. The van der Waals surface area contributed by atoms with Crippen LogP contribution in [-0.4, -0.2) is 32.3 Å². The van der Waals surface area contributed by atoms with Gasteiger partial charge in [-0.05, 0) is 13.8 Å². The number of ether oxygens (including phenoxy) is 1. The number of nitrogens with zero attached hydrogens (tertiary/aromatic N) is 2. The SMILES string of the molecule is CCN=C(C=NC)OCC. The molecule has 0 heterocycles. The first-order valence-corrected chi connectivity index (χ1v) is 3.44. The summed E-state index contributed by atoms with van der Waals surface area (Å²) in [5, 5.41) is 0. The van der Waals surface area contributed by atoms with Crippen LogP contribution >= 0.6 is 0 Å². The minimum atomic E-state index is 0.618. The summed E-state index contributed by atoms with van der Waals surface area (Å²) < 4.78 is 5.12. The Morgan fingerprint density at radius 1 is 1.50 bits per heavy atom. The molecule has 3 nitrogen and oxygen atoms in total. The summed E-state index contributed by atoms with van der Waals surface area (Å²) in [7, 11) is 1.70. The van der Waals surface area contributed by atoms with E-state index in [2.05, 4.69) is 9.98 Å². The Kier molecular flexibility index (Phi) is 5.72. The first-order chi connectivity index (χ1) is 4.85. The van der Waals surface area contributed by atoms with Gasteiger partial charge in [0.25, 0.3) is 0 Å². The van der Waals surface area contributed by atoms with Crippen molar-refractivity contribution in [3.05, 3.63) is 0 Å². The summed E-state index contributed by atoms with van der Waals surface area (Å²) in [6.45, 7) is 5.27. The zero-order chi connectivity index (χ0) is 7.82. The Hall–Kier alpha value is -0.860. The maximum absolute atomic E-state index is 5.12. The predicted octanol–water partition coefficient (Wildman–Crippen LogP) is 1.14. The maximum atomic E-state index is 5.12. The van der Waals surface area contributed by atoms with Crippen LogP contribution in [0.25, 0.3) is 0 Å². The predicted molar refractivity (Wildman–Crippen MR) is 44.0 cm³/mol. The van der Waals surface area contributed by atoms with Gasteiger partial charge in [0.05, 0.1) is 12.8 Å². The molecule has 0 aliphatic carbocycles. The van der Waals surface area contributed by atoms with Crippen molar-refractivity contribution in [1.29, 1.82) is 0 Å². The molecule has 0 bridgehead atoms. The average Bonchev–Trinajstić information content (AvgIpc) is 1.90. The fourth-order valence-corrected chi connectivity index (χ4v) is 0.538. The van der Waals surface area contributed by atoms with Crippen molar-refractivity contribution < 1.29 is 4.74 Å². The molecule has 0 atom stereocenters. The molecule has 0 radical (unpaired) electrons. The molecule has 0 spiro atoms. The van der Waals surface area contributed by atoms with Crippen molar-refractivity contribution in [2.75, 3.05) is 20.2 Å². The topological polar surface area (TPSA) is 34.0 Å². The van der Waals surface area contributed by atoms with Crippen LogP contribution in [-0.2, 0) is 4.74 Å². The average molecular weight is 142 g/mol. The van der Waals surface area contributed by atoms with Gasteiger partial charge < -0.3 is 4.74 Å². The van der Waals surface area contributed by atoms with Gasteiger partial charge in [-0.1, -0.05) is 0 Å². The third kappa shape index (κ3) is 4.06. The smallest absolute Gasteiger partial charge is 0.227 e. The molecular formula is C7H14N2O. The summed E-state index contributed by atoms with van der Waals surface area (Å²) in [6, 6.07) is 0. The van der Waals surface area contributed by atoms with Crippen molar-refractivity contribution >= 4 is 12.1 Å². The molecule has 0 aromatic carbocycles. The second-order valence-electron chi connectivity index (χ2n) is 1.63. The first-order valence-electron chi connectivity index (χ1n) is 3.44. The van der Waals surface area contributed by atoms with Crippen LogP contribution in [0.5, 0.6) is 0 Å². The number of hydrogen-bond acceptors (Lipinski definition) is 3. The summed E-state index contributed by atoms with van der Waals surface area (Å²) in [5.41, 5.74) is 0. The monoisotopic (exact) mass is 142 g/mol. The minimum absolute atomic E-state index is 0.618. The van der Waals surface area contributed by atoms with E-state index >= 15 is 0 Å². The maximum Gasteiger partial charge on any atom is 0.227 e. The van der Waals surface area contributed by atoms with Crippen LogP contribution in [0.4, 0.5) is 0 Å². The van der Waals surface area contributed by atoms with E-state index in [0.717, 1.165) is 6.54 Å². The lowest BCUT2D eigenvalue weighted by Crippen LogP contribution is -2.06. The van der Waals surface area contributed by atoms with Gasteiger partial charge in [0.15, 0.2) is 0 Å². The largest absolute Gasteiger partial charge is 0.477 e. The molecule has 0 saturated heterocycles. The van der Waals surface area contributed by atoms with Gasteiger partial charge in [0, 0.05) is 13.6 Å². The number of hydrogen-bond donors (Lipinski definition) is 0. The van der Waals surface area contributed by atoms with Crippen LogP contribution in [0.3, 0.4) is 0 Å². The molecule has 0 rings (SSSR count). The molecule has 58 valence electrons. The normalized spacial score (nSPS) is 12.5. The lowest BCUT2D eigenvalue weighted by molar-refractivity contribution is 0.333. The Balaban J connectivity index is 3.84. The van der Waals surface area contributed by atoms with Gasteiger partial charge in [0.1, 0.15) is 0 Å². The molecule has 0 aliphatic rings. The summed E-state index contributed by atoms with van der Waals surface area (Å²) in [5.74, 6) is 0.618. The summed E-state index contributed by atoms with van der Waals surface area (Å²) in [4.78, 5) is 7.84. The molecular weight excluding hydrogens is 128 g/mol. The summed E-state index contributed by atoms with van der Waals surface area (Å²) in [6.07, 6.45) is 1.62. The quantitative estimate of drug-likeness (QED) is 0.430. The molecule has 10 heavy (non-hydrogen) atoms. The van der Waals surface area contributed by atoms with Crippen molar-refractivity contribution in [3.63, 3.8) is 0 Å². The fraction of sp³-hybridized carbons (Fsp3) is 0.714. The molecule has 0 amide bonds. The Morgan fingerprint density at radius 2 is 2.20 bits per heavy atom. The number of rotatable bonds is 3. The molecule has 0 aromatic rings. The van der Waals surface area contributed by atoms with E-state index in [1.165, 1.54) is 0 Å². The van der Waals surface area contributed by atoms with E-state index in [0.29, 0.717) is 12.5 Å². The van der Waals surface area contributed by atoms with E-state index < -0.39 is 0 Å². The Labute approximate surface area is 61.8 Å². The lowest BCUT2D eigenvalue weighted by Gasteiger charge is -1.99. The van der Waals surface area contributed by atoms with Crippen LogP contribution in [0.15, 0.2) is 9.98 Å². The standard InChI is InChI=1S/C7H14N2O/c1-4-9-7(6-8-3)10-5-2/h6H,4-5H2,1-3H3. The second kappa shape index (κ2) is 6.26. The van der Waals surface area contributed by atoms with Crippen molar-refractivity contribution in [1.82, 2.24) is 0 Å². The number of aliphatic imine (C=N–C) groups is 2. The van der Waals surface area contributed by atoms with Crippen molar-refractivity contribution in [2.45, 2.75) is 13.8 Å². The van der Waals surface area contributed by atoms with Gasteiger partial charge >= 0.3 is 0 Å². The molecule has 0 aromatic heterocycles. The van der Waals surface area contributed by atoms with E-state index in [4.69, 9.17) is 4.74 Å². The van der Waals surface area contributed by atoms with E-state index in [9.17, 15) is 0 Å². The van der Waals surface area contributed by atoms with Gasteiger partial charge in [-0.25, -0.2) is 0 Å². The molecule has 0 aliphatic heterocycles. The van der Waals surface area contributed by atoms with Gasteiger partial charge in [0.2, 0.25) is 5.90 Å². The zero-order valence-corrected chi connectivity index (χ0v) is 6.79. The molecule has 0 unspecified atom stereocenters. The van der Waals surface area contributed by atoms with E-state index in [1.807, 2.05) is 13.8 Å². The highest BCUT2D eigenvalue weighted by atomic mass is 16.5. The molecule has 0 saturated carbocycles. The Morgan fingerprint density at radius 3 is 2.60 bits per heavy atom. The van der Waals surface area contributed by atoms with Gasteiger partial charge in [-0.2, -0.15) is 0 Å². The lowest BCUT2D eigenvalue weighted by atomic mass is 10.6. The highest BCUT2D eigenvalue weighted by Gasteiger charge is 1.89.